The van der Waals surface area contributed by atoms with E-state index in [2.05, 4.69) is 20.3 Å². The van der Waals surface area contributed by atoms with E-state index in [1.807, 2.05) is 55.5 Å². The maximum absolute atomic E-state index is 12.3. The normalized spacial score (nSPS) is 10.7. The monoisotopic (exact) mass is 428 g/mol. The van der Waals surface area contributed by atoms with E-state index in [0.717, 1.165) is 11.1 Å². The van der Waals surface area contributed by atoms with Gasteiger partial charge in [0.15, 0.2) is 5.82 Å². The van der Waals surface area contributed by atoms with Crippen molar-refractivity contribution in [3.8, 4) is 23.0 Å². The summed E-state index contributed by atoms with van der Waals surface area (Å²) in [5, 5.41) is 12.2. The predicted octanol–water partition coefficient (Wildman–Crippen LogP) is 4.04. The number of nitrogens with one attached hydrogen (secondary N) is 2. The Morgan fingerprint density at radius 3 is 2.72 bits per heavy atom. The summed E-state index contributed by atoms with van der Waals surface area (Å²) in [4.78, 5) is 23.8. The Balaban J connectivity index is 1.37. The van der Waals surface area contributed by atoms with E-state index in [1.54, 1.807) is 24.5 Å². The van der Waals surface area contributed by atoms with Gasteiger partial charge in [0.05, 0.1) is 18.5 Å². The second kappa shape index (κ2) is 9.89. The lowest BCUT2D eigenvalue weighted by atomic mass is 10.1. The number of aliphatic hydroxyl groups excluding tert-OH is 1. The fraction of sp³-hybridized carbons (Fsp3) is 0.160. The van der Waals surface area contributed by atoms with Gasteiger partial charge in [-0.25, -0.2) is 4.98 Å². The lowest BCUT2D eigenvalue weighted by molar-refractivity contribution is 0.0954. The minimum Gasteiger partial charge on any atom is -0.457 e. The summed E-state index contributed by atoms with van der Waals surface area (Å²) in [5.41, 5.74) is 4.02. The zero-order valence-corrected chi connectivity index (χ0v) is 17.7. The number of nitrogens with zero attached hydrogens (tertiary/aromatic N) is 2. The van der Waals surface area contributed by atoms with E-state index < -0.39 is 0 Å². The number of ether oxygens (including phenoxy) is 1. The molecular formula is C25H24N4O3. The molecule has 0 saturated heterocycles. The molecule has 7 heteroatoms. The SMILES string of the molecule is Cc1cccc(C(=O)NCCc2cccc(Oc3ccnc(-c4ncc(CO)[nH]4)c3)c2)c1. The van der Waals surface area contributed by atoms with Crippen LogP contribution in [0.2, 0.25) is 0 Å². The van der Waals surface area contributed by atoms with Gasteiger partial charge in [-0.3, -0.25) is 9.78 Å². The highest BCUT2D eigenvalue weighted by atomic mass is 16.5. The van der Waals surface area contributed by atoms with Gasteiger partial charge in [-0.05, 0) is 49.2 Å². The number of hydrogen-bond donors (Lipinski definition) is 3. The standard InChI is InChI=1S/C25H24N4O3/c1-17-4-2-6-19(12-17)25(31)27-10-8-18-5-3-7-21(13-18)32-22-9-11-26-23(14-22)24-28-15-20(16-30)29-24/h2-7,9,11-15,30H,8,10,16H2,1H3,(H,27,31)(H,28,29). The molecular weight excluding hydrogens is 404 g/mol. The van der Waals surface area contributed by atoms with Crippen molar-refractivity contribution in [3.63, 3.8) is 0 Å². The molecule has 2 heterocycles. The Morgan fingerprint density at radius 1 is 1.06 bits per heavy atom. The van der Waals surface area contributed by atoms with Gasteiger partial charge in [0.2, 0.25) is 0 Å². The molecule has 0 bridgehead atoms. The molecule has 162 valence electrons. The maximum Gasteiger partial charge on any atom is 0.251 e. The second-order valence-corrected chi connectivity index (χ2v) is 7.42. The number of pyridine rings is 1. The Kier molecular flexibility index (Phi) is 6.57. The highest BCUT2D eigenvalue weighted by molar-refractivity contribution is 5.94. The van der Waals surface area contributed by atoms with Gasteiger partial charge in [0.1, 0.15) is 17.2 Å². The summed E-state index contributed by atoms with van der Waals surface area (Å²) >= 11 is 0. The Hall–Kier alpha value is -3.97. The topological polar surface area (TPSA) is 100 Å². The minimum absolute atomic E-state index is 0.0762. The van der Waals surface area contributed by atoms with Crippen LogP contribution in [0.4, 0.5) is 0 Å². The number of amides is 1. The number of carbonyl (C=O) groups excluding carboxylic acids is 1. The fourth-order valence-corrected chi connectivity index (χ4v) is 3.28. The van der Waals surface area contributed by atoms with Crippen molar-refractivity contribution in [1.29, 1.82) is 0 Å². The molecule has 2 aromatic carbocycles. The van der Waals surface area contributed by atoms with Gasteiger partial charge in [0, 0.05) is 24.4 Å². The number of aryl methyl sites for hydroxylation is 1. The molecule has 0 aliphatic carbocycles. The summed E-state index contributed by atoms with van der Waals surface area (Å²) in [6.07, 6.45) is 3.91. The van der Waals surface area contributed by atoms with Gasteiger partial charge in [-0.1, -0.05) is 29.8 Å². The maximum atomic E-state index is 12.3. The largest absolute Gasteiger partial charge is 0.457 e. The van der Waals surface area contributed by atoms with Crippen LogP contribution in [-0.4, -0.2) is 32.5 Å². The zero-order chi connectivity index (χ0) is 22.3. The van der Waals surface area contributed by atoms with Gasteiger partial charge in [-0.15, -0.1) is 0 Å². The number of aromatic nitrogens is 3. The van der Waals surface area contributed by atoms with Crippen LogP contribution in [0.25, 0.3) is 11.5 Å². The van der Waals surface area contributed by atoms with Crippen LogP contribution in [0.3, 0.4) is 0 Å². The molecule has 3 N–H and O–H groups in total. The molecule has 4 aromatic rings. The number of H-pyrrole nitrogens is 1. The van der Waals surface area contributed by atoms with Crippen LogP contribution in [0, 0.1) is 6.92 Å². The van der Waals surface area contributed by atoms with Crippen LogP contribution >= 0.6 is 0 Å². The summed E-state index contributed by atoms with van der Waals surface area (Å²) in [5.74, 6) is 1.81. The van der Waals surface area contributed by atoms with Crippen molar-refractivity contribution >= 4 is 5.91 Å². The molecule has 0 atom stereocenters. The Labute approximate surface area is 186 Å². The van der Waals surface area contributed by atoms with Crippen LogP contribution < -0.4 is 10.1 Å². The number of aliphatic hydroxyl groups is 1. The summed E-state index contributed by atoms with van der Waals surface area (Å²) in [6, 6.07) is 18.9. The van der Waals surface area contributed by atoms with Crippen LogP contribution in [0.15, 0.2) is 73.1 Å². The van der Waals surface area contributed by atoms with Crippen molar-refractivity contribution in [1.82, 2.24) is 20.3 Å². The van der Waals surface area contributed by atoms with Gasteiger partial charge >= 0.3 is 0 Å². The molecule has 0 spiro atoms. The van der Waals surface area contributed by atoms with Crippen LogP contribution in [0.1, 0.15) is 27.2 Å². The summed E-state index contributed by atoms with van der Waals surface area (Å²) in [6.45, 7) is 2.39. The first-order valence-corrected chi connectivity index (χ1v) is 10.3. The third-order valence-electron chi connectivity index (χ3n) is 4.89. The quantitative estimate of drug-likeness (QED) is 0.393. The van der Waals surface area contributed by atoms with Gasteiger partial charge in [0.25, 0.3) is 5.91 Å². The van der Waals surface area contributed by atoms with Gasteiger partial charge in [-0.2, -0.15) is 0 Å². The average Bonchev–Trinajstić information content (AvgIpc) is 3.29. The zero-order valence-electron chi connectivity index (χ0n) is 17.7. The second-order valence-electron chi connectivity index (χ2n) is 7.42. The third-order valence-corrected chi connectivity index (χ3v) is 4.89. The van der Waals surface area contributed by atoms with E-state index >= 15 is 0 Å². The van der Waals surface area contributed by atoms with E-state index in [4.69, 9.17) is 4.74 Å². The molecule has 0 saturated carbocycles. The lowest BCUT2D eigenvalue weighted by Crippen LogP contribution is -2.25. The van der Waals surface area contributed by atoms with Crippen molar-refractivity contribution in [3.05, 3.63) is 95.4 Å². The molecule has 0 unspecified atom stereocenters. The number of hydrogen-bond acceptors (Lipinski definition) is 5. The van der Waals surface area contributed by atoms with E-state index in [1.165, 1.54) is 0 Å². The fourth-order valence-electron chi connectivity index (χ4n) is 3.28. The predicted molar refractivity (Wildman–Crippen MR) is 121 cm³/mol. The van der Waals surface area contributed by atoms with Crippen molar-refractivity contribution in [2.45, 2.75) is 20.0 Å². The molecule has 4 rings (SSSR count). The highest BCUT2D eigenvalue weighted by Crippen LogP contribution is 2.25. The summed E-state index contributed by atoms with van der Waals surface area (Å²) < 4.78 is 6.01. The molecule has 2 aromatic heterocycles. The highest BCUT2D eigenvalue weighted by Gasteiger charge is 2.08. The molecule has 0 fully saturated rings. The van der Waals surface area contributed by atoms with E-state index in [-0.39, 0.29) is 12.5 Å². The van der Waals surface area contributed by atoms with Crippen LogP contribution in [0.5, 0.6) is 11.5 Å². The molecule has 0 aliphatic heterocycles. The Bertz CT molecular complexity index is 1220. The third kappa shape index (κ3) is 5.39. The Morgan fingerprint density at radius 2 is 1.91 bits per heavy atom. The lowest BCUT2D eigenvalue weighted by Gasteiger charge is -2.09. The molecule has 0 radical (unpaired) electrons. The molecule has 0 aliphatic rings. The minimum atomic E-state index is -0.110. The van der Waals surface area contributed by atoms with Crippen LogP contribution in [-0.2, 0) is 13.0 Å². The smallest absolute Gasteiger partial charge is 0.251 e. The first-order valence-electron chi connectivity index (χ1n) is 10.3. The average molecular weight is 428 g/mol. The van der Waals surface area contributed by atoms with Crippen molar-refractivity contribution in [2.75, 3.05) is 6.54 Å². The van der Waals surface area contributed by atoms with Crippen molar-refractivity contribution < 1.29 is 14.6 Å². The number of carbonyl (C=O) groups is 1. The first kappa shape index (κ1) is 21.3. The van der Waals surface area contributed by atoms with E-state index in [9.17, 15) is 9.90 Å². The number of aromatic amines is 1. The number of benzene rings is 2. The van der Waals surface area contributed by atoms with E-state index in [0.29, 0.717) is 47.2 Å². The number of imidazole rings is 1. The summed E-state index contributed by atoms with van der Waals surface area (Å²) in [7, 11) is 0. The molecule has 7 nitrogen and oxygen atoms in total. The van der Waals surface area contributed by atoms with Crippen molar-refractivity contribution in [2.24, 2.45) is 0 Å². The first-order chi connectivity index (χ1) is 15.6. The van der Waals surface area contributed by atoms with Gasteiger partial charge < -0.3 is 20.1 Å². The number of rotatable bonds is 8. The molecule has 1 amide bonds. The molecule has 32 heavy (non-hydrogen) atoms.